The molecule has 344 valence electrons. The second-order valence-electron chi connectivity index (χ2n) is 16.8. The molecule has 2 aliphatic carbocycles. The number of carbonyl (C=O) groups excluding carboxylic acids is 3. The number of aromatic nitrogens is 2. The van der Waals surface area contributed by atoms with E-state index >= 15 is 0 Å². The number of fused-ring (bicyclic) bond motifs is 2. The van der Waals surface area contributed by atoms with E-state index in [1.54, 1.807) is 4.90 Å². The predicted octanol–water partition coefficient (Wildman–Crippen LogP) is 4.51. The van der Waals surface area contributed by atoms with Gasteiger partial charge in [-0.05, 0) is 107 Å². The molecule has 0 spiro atoms. The Hall–Kier alpha value is -4.73. The van der Waals surface area contributed by atoms with E-state index in [0.29, 0.717) is 70.6 Å². The monoisotopic (exact) mass is 869 g/mol. The first-order valence-electron chi connectivity index (χ1n) is 22.4. The SMILES string of the molecule is C.CN(CC1CN(C(=O)CCCN)CCN1)C1CCCc2cccnc21.CN(CC1CN(C(=O)CCCN)CCN1C(=O)OCc1ccccc1)C1CCCc2cccnc21.[C-]#[O+]. The third-order valence-corrected chi connectivity index (χ3v) is 12.5. The van der Waals surface area contributed by atoms with E-state index < -0.39 is 0 Å². The van der Waals surface area contributed by atoms with Crippen LogP contribution in [0.1, 0.15) is 99.0 Å². The fraction of sp³-hybridized carbons (Fsp3) is 0.583. The Balaban J connectivity index is 0.000000275. The van der Waals surface area contributed by atoms with Gasteiger partial charge in [0.25, 0.3) is 0 Å². The molecule has 63 heavy (non-hydrogen) atoms. The van der Waals surface area contributed by atoms with Gasteiger partial charge in [0.05, 0.1) is 29.5 Å². The minimum atomic E-state index is -0.330. The van der Waals surface area contributed by atoms with Crippen LogP contribution >= 0.6 is 0 Å². The van der Waals surface area contributed by atoms with Gasteiger partial charge in [-0.25, -0.2) is 4.79 Å². The molecule has 3 aromatic rings. The number of rotatable bonds is 14. The number of nitrogens with zero attached hydrogens (tertiary/aromatic N) is 7. The summed E-state index contributed by atoms with van der Waals surface area (Å²) in [6.07, 6.45) is 12.6. The zero-order chi connectivity index (χ0) is 44.3. The molecule has 4 heterocycles. The van der Waals surface area contributed by atoms with E-state index in [9.17, 15) is 14.4 Å². The van der Waals surface area contributed by atoms with Gasteiger partial charge in [0, 0.05) is 83.6 Å². The topological polar surface area (TPSA) is 186 Å². The molecule has 4 atom stereocenters. The third kappa shape index (κ3) is 14.7. The van der Waals surface area contributed by atoms with Crippen LogP contribution in [0.25, 0.3) is 0 Å². The zero-order valence-electron chi connectivity index (χ0n) is 36.8. The Morgan fingerprint density at radius 2 is 1.33 bits per heavy atom. The Morgan fingerprint density at radius 1 is 0.778 bits per heavy atom. The Labute approximate surface area is 375 Å². The summed E-state index contributed by atoms with van der Waals surface area (Å²) in [6, 6.07) is 18.8. The molecule has 0 bridgehead atoms. The summed E-state index contributed by atoms with van der Waals surface area (Å²) in [5.41, 5.74) is 17.2. The van der Waals surface area contributed by atoms with Crippen molar-refractivity contribution in [2.24, 2.45) is 11.5 Å². The maximum absolute atomic E-state index is 13.1. The van der Waals surface area contributed by atoms with E-state index in [-0.39, 0.29) is 44.0 Å². The van der Waals surface area contributed by atoms with Crippen LogP contribution in [0.15, 0.2) is 67.0 Å². The normalized spacial score (nSPS) is 20.5. The Bertz CT molecular complexity index is 1870. The molecule has 1 aromatic carbocycles. The number of likely N-dealkylation sites (N-methyl/N-ethyl adjacent to an activating group) is 2. The van der Waals surface area contributed by atoms with Crippen LogP contribution in [0, 0.1) is 6.65 Å². The zero-order valence-corrected chi connectivity index (χ0v) is 36.8. The van der Waals surface area contributed by atoms with Crippen LogP contribution in [0.3, 0.4) is 0 Å². The van der Waals surface area contributed by atoms with Crippen molar-refractivity contribution >= 4 is 17.9 Å². The molecule has 5 N–H and O–H groups in total. The first kappa shape index (κ1) is 50.9. The molecule has 2 aromatic heterocycles. The first-order valence-corrected chi connectivity index (χ1v) is 22.4. The number of benzene rings is 1. The van der Waals surface area contributed by atoms with Crippen LogP contribution in [0.5, 0.6) is 0 Å². The van der Waals surface area contributed by atoms with E-state index in [0.717, 1.165) is 76.0 Å². The van der Waals surface area contributed by atoms with Crippen molar-refractivity contribution in [2.75, 3.05) is 79.5 Å². The van der Waals surface area contributed by atoms with Gasteiger partial charge in [-0.1, -0.05) is 49.9 Å². The number of ether oxygens (including phenoxy) is 1. The molecule has 2 saturated heterocycles. The second kappa shape index (κ2) is 26.8. The van der Waals surface area contributed by atoms with Gasteiger partial charge in [-0.2, -0.15) is 0 Å². The summed E-state index contributed by atoms with van der Waals surface area (Å²) >= 11 is 0. The standard InChI is InChI=1S/C27H37N5O3.C19H31N5O.CO.CH4/c1-30(24-12-5-10-22-11-7-15-29-26(22)24)18-23-19-31(25(33)13-6-14-28)16-17-32(23)27(34)35-20-21-8-3-2-4-9-21;1-23(17-7-2-5-15-6-4-10-22-19(15)17)13-16-14-24(12-11-21-16)18(25)8-3-9-20;1-2;/h2-4,7-9,11,15,23-24H,5-6,10,12-14,16-20,28H2,1H3;4,6,10,16-17,21H,2-3,5,7-9,11-14,20H2,1H3;;1H4. The van der Waals surface area contributed by atoms with Crippen LogP contribution in [-0.4, -0.2) is 144 Å². The van der Waals surface area contributed by atoms with Gasteiger partial charge in [0.1, 0.15) is 6.61 Å². The summed E-state index contributed by atoms with van der Waals surface area (Å²) in [7, 11) is 4.28. The van der Waals surface area contributed by atoms with Crippen molar-refractivity contribution in [3.05, 3.63) is 102 Å². The molecule has 2 fully saturated rings. The van der Waals surface area contributed by atoms with Crippen molar-refractivity contribution in [3.63, 3.8) is 0 Å². The molecule has 3 amide bonds. The number of nitrogens with two attached hydrogens (primary N) is 2. The third-order valence-electron chi connectivity index (χ3n) is 12.5. The van der Waals surface area contributed by atoms with Gasteiger partial charge < -0.3 is 36.2 Å². The van der Waals surface area contributed by atoms with Gasteiger partial charge in [0.15, 0.2) is 0 Å². The van der Waals surface area contributed by atoms with Crippen LogP contribution in [0.4, 0.5) is 4.79 Å². The molecule has 15 heteroatoms. The van der Waals surface area contributed by atoms with E-state index in [4.69, 9.17) is 20.9 Å². The van der Waals surface area contributed by atoms with Gasteiger partial charge in [0.2, 0.25) is 11.8 Å². The molecule has 2 aliphatic heterocycles. The first-order chi connectivity index (χ1) is 30.2. The average molecular weight is 869 g/mol. The number of pyridine rings is 2. The Kier molecular flexibility index (Phi) is 21.7. The minimum absolute atomic E-state index is 0. The van der Waals surface area contributed by atoms with Crippen molar-refractivity contribution in [1.82, 2.24) is 39.8 Å². The molecule has 4 unspecified atom stereocenters. The summed E-state index contributed by atoms with van der Waals surface area (Å²) in [5.74, 6) is 0.342. The van der Waals surface area contributed by atoms with Crippen LogP contribution in [0.2, 0.25) is 0 Å². The molecular weight excluding hydrogens is 797 g/mol. The quantitative estimate of drug-likeness (QED) is 0.153. The number of hydrogen-bond donors (Lipinski definition) is 3. The molecular formula is C48H72N10O5. The van der Waals surface area contributed by atoms with E-state index in [2.05, 4.69) is 58.0 Å². The fourth-order valence-corrected chi connectivity index (χ4v) is 9.24. The summed E-state index contributed by atoms with van der Waals surface area (Å²) < 4.78 is 13.2. The van der Waals surface area contributed by atoms with Crippen LogP contribution < -0.4 is 16.8 Å². The van der Waals surface area contributed by atoms with Crippen molar-refractivity contribution < 1.29 is 23.8 Å². The van der Waals surface area contributed by atoms with Gasteiger partial charge >= 0.3 is 17.4 Å². The maximum atomic E-state index is 13.1. The number of aryl methyl sites for hydroxylation is 2. The molecule has 7 rings (SSSR count). The van der Waals surface area contributed by atoms with Gasteiger partial charge in [-0.3, -0.25) is 29.4 Å². The molecule has 0 saturated carbocycles. The van der Waals surface area contributed by atoms with Crippen molar-refractivity contribution in [3.8, 4) is 0 Å². The summed E-state index contributed by atoms with van der Waals surface area (Å²) in [4.78, 5) is 57.9. The van der Waals surface area contributed by atoms with Gasteiger partial charge in [-0.15, -0.1) is 0 Å². The molecule has 15 nitrogen and oxygen atoms in total. The number of hydrogen-bond acceptors (Lipinski definition) is 11. The molecule has 4 aliphatic rings. The Morgan fingerprint density at radius 3 is 1.90 bits per heavy atom. The fourth-order valence-electron chi connectivity index (χ4n) is 9.24. The second-order valence-corrected chi connectivity index (χ2v) is 16.8. The van der Waals surface area contributed by atoms with Crippen LogP contribution in [-0.2, 0) is 38.4 Å². The predicted molar refractivity (Wildman–Crippen MR) is 244 cm³/mol. The summed E-state index contributed by atoms with van der Waals surface area (Å²) in [5, 5.41) is 3.57. The van der Waals surface area contributed by atoms with Crippen molar-refractivity contribution in [2.45, 2.75) is 102 Å². The van der Waals surface area contributed by atoms with Crippen molar-refractivity contribution in [1.29, 1.82) is 0 Å². The number of piperazine rings is 2. The van der Waals surface area contributed by atoms with E-state index in [1.807, 2.05) is 64.7 Å². The summed E-state index contributed by atoms with van der Waals surface area (Å²) in [6.45, 7) is 11.3. The van der Waals surface area contributed by atoms with E-state index in [1.165, 1.54) is 23.2 Å². The average Bonchev–Trinajstić information content (AvgIpc) is 3.32. The molecule has 0 radical (unpaired) electrons. The number of amides is 3. The number of carbonyl (C=O) groups is 3. The number of nitrogens with one attached hydrogen (secondary N) is 1.